The van der Waals surface area contributed by atoms with Crippen molar-refractivity contribution in [2.45, 2.75) is 0 Å². The predicted octanol–water partition coefficient (Wildman–Crippen LogP) is 5.11. The quantitative estimate of drug-likeness (QED) is 0.557. The maximum atomic E-state index is 13.0. The summed E-state index contributed by atoms with van der Waals surface area (Å²) in [6.45, 7) is 0. The van der Waals surface area contributed by atoms with Gasteiger partial charge in [0, 0.05) is 5.56 Å². The highest BCUT2D eigenvalue weighted by molar-refractivity contribution is 6.54. The Bertz CT molecular complexity index is 672. The molecule has 2 aromatic rings. The fourth-order valence-corrected chi connectivity index (χ4v) is 2.27. The van der Waals surface area contributed by atoms with Gasteiger partial charge in [-0.3, -0.25) is 0 Å². The molecule has 0 fully saturated rings. The first-order valence-corrected chi connectivity index (χ1v) is 6.20. The zero-order valence-corrected chi connectivity index (χ0v) is 11.2. The van der Waals surface area contributed by atoms with Gasteiger partial charge in [-0.1, -0.05) is 53.5 Å². The van der Waals surface area contributed by atoms with Gasteiger partial charge >= 0.3 is 0 Å². The lowest BCUT2D eigenvalue weighted by molar-refractivity contribution is 0.628. The molecule has 0 spiro atoms. The molecular weight excluding hydrogens is 284 g/mol. The molecule has 19 heavy (non-hydrogen) atoms. The highest BCUT2D eigenvalue weighted by Gasteiger charge is 2.12. The van der Waals surface area contributed by atoms with E-state index in [4.69, 9.17) is 23.2 Å². The van der Waals surface area contributed by atoms with E-state index in [-0.39, 0.29) is 10.1 Å². The van der Waals surface area contributed by atoms with Crippen LogP contribution in [0.1, 0.15) is 11.1 Å². The first kappa shape index (κ1) is 13.6. The first-order chi connectivity index (χ1) is 9.13. The van der Waals surface area contributed by atoms with Gasteiger partial charge in [0.05, 0.1) is 15.6 Å². The van der Waals surface area contributed by atoms with Gasteiger partial charge in [-0.05, 0) is 23.8 Å². The van der Waals surface area contributed by atoms with Gasteiger partial charge in [0.25, 0.3) is 0 Å². The van der Waals surface area contributed by atoms with E-state index in [0.717, 1.165) is 0 Å². The van der Waals surface area contributed by atoms with Crippen LogP contribution in [0.2, 0.25) is 5.02 Å². The van der Waals surface area contributed by atoms with E-state index in [1.165, 1.54) is 18.2 Å². The molecule has 0 aliphatic heterocycles. The molecule has 0 atom stereocenters. The van der Waals surface area contributed by atoms with Crippen LogP contribution in [0.3, 0.4) is 0 Å². The number of hydrogen-bond acceptors (Lipinski definition) is 1. The molecule has 0 bridgehead atoms. The van der Waals surface area contributed by atoms with Crippen molar-refractivity contribution in [1.82, 2.24) is 0 Å². The van der Waals surface area contributed by atoms with Crippen molar-refractivity contribution in [2.75, 3.05) is 0 Å². The molecule has 0 aromatic heterocycles. The minimum Gasteiger partial charge on any atom is -0.207 e. The molecule has 0 N–H and O–H groups in total. The van der Waals surface area contributed by atoms with Crippen LogP contribution in [-0.4, -0.2) is 0 Å². The fourth-order valence-electron chi connectivity index (χ4n) is 1.65. The van der Waals surface area contributed by atoms with Crippen LogP contribution >= 0.6 is 23.2 Å². The topological polar surface area (TPSA) is 23.8 Å². The van der Waals surface area contributed by atoms with E-state index in [0.29, 0.717) is 16.7 Å². The Morgan fingerprint density at radius 3 is 2.37 bits per heavy atom. The van der Waals surface area contributed by atoms with Crippen molar-refractivity contribution in [3.63, 3.8) is 0 Å². The second-order valence-corrected chi connectivity index (χ2v) is 4.58. The maximum absolute atomic E-state index is 13.0. The Labute approximate surface area is 120 Å². The number of nitriles is 1. The molecule has 2 rings (SSSR count). The van der Waals surface area contributed by atoms with E-state index in [1.807, 2.05) is 18.2 Å². The van der Waals surface area contributed by atoms with Crippen LogP contribution in [0.4, 0.5) is 4.39 Å². The molecule has 0 amide bonds. The maximum Gasteiger partial charge on any atom is 0.124 e. The minimum atomic E-state index is -0.448. The number of halogens is 3. The van der Waals surface area contributed by atoms with Crippen molar-refractivity contribution in [3.05, 3.63) is 70.5 Å². The minimum absolute atomic E-state index is 0.175. The normalized spacial score (nSPS) is 11.7. The van der Waals surface area contributed by atoms with Crippen LogP contribution in [0, 0.1) is 17.1 Å². The third-order valence-corrected chi connectivity index (χ3v) is 3.27. The molecular formula is C15H8Cl2FN. The SMILES string of the molecule is N#CC(=C(Cl)c1ccc(F)cc1Cl)c1ccccc1. The highest BCUT2D eigenvalue weighted by atomic mass is 35.5. The largest absolute Gasteiger partial charge is 0.207 e. The van der Waals surface area contributed by atoms with Crippen molar-refractivity contribution in [2.24, 2.45) is 0 Å². The summed E-state index contributed by atoms with van der Waals surface area (Å²) in [6, 6.07) is 14.9. The Morgan fingerprint density at radius 1 is 1.11 bits per heavy atom. The number of rotatable bonds is 2. The second-order valence-electron chi connectivity index (χ2n) is 3.79. The molecule has 0 aliphatic carbocycles. The van der Waals surface area contributed by atoms with Gasteiger partial charge in [0.15, 0.2) is 0 Å². The number of benzene rings is 2. The van der Waals surface area contributed by atoms with Gasteiger partial charge in [-0.2, -0.15) is 5.26 Å². The Balaban J connectivity index is 2.59. The van der Waals surface area contributed by atoms with E-state index in [1.54, 1.807) is 12.1 Å². The summed E-state index contributed by atoms with van der Waals surface area (Å²) in [5.74, 6) is -0.448. The second kappa shape index (κ2) is 5.88. The van der Waals surface area contributed by atoms with Crippen molar-refractivity contribution in [3.8, 4) is 6.07 Å². The Kier molecular flexibility index (Phi) is 4.21. The van der Waals surface area contributed by atoms with E-state index < -0.39 is 5.82 Å². The predicted molar refractivity (Wildman–Crippen MR) is 76.1 cm³/mol. The van der Waals surface area contributed by atoms with Crippen molar-refractivity contribution >= 4 is 33.8 Å². The molecule has 0 saturated heterocycles. The molecule has 0 aliphatic rings. The van der Waals surface area contributed by atoms with Gasteiger partial charge in [0.2, 0.25) is 0 Å². The lowest BCUT2D eigenvalue weighted by Crippen LogP contribution is -1.88. The first-order valence-electron chi connectivity index (χ1n) is 5.44. The molecule has 2 aromatic carbocycles. The Hall–Kier alpha value is -1.82. The van der Waals surface area contributed by atoms with Crippen LogP contribution in [-0.2, 0) is 0 Å². The smallest absolute Gasteiger partial charge is 0.124 e. The van der Waals surface area contributed by atoms with E-state index in [2.05, 4.69) is 6.07 Å². The molecule has 0 saturated carbocycles. The van der Waals surface area contributed by atoms with E-state index in [9.17, 15) is 9.65 Å². The zero-order valence-electron chi connectivity index (χ0n) is 9.70. The molecule has 94 valence electrons. The summed E-state index contributed by atoms with van der Waals surface area (Å²) in [4.78, 5) is 0. The average Bonchev–Trinajstić information content (AvgIpc) is 2.40. The van der Waals surface area contributed by atoms with Crippen LogP contribution in [0.15, 0.2) is 48.5 Å². The monoisotopic (exact) mass is 291 g/mol. The number of hydrogen-bond donors (Lipinski definition) is 0. The van der Waals surface area contributed by atoms with Crippen molar-refractivity contribution < 1.29 is 4.39 Å². The van der Waals surface area contributed by atoms with Crippen molar-refractivity contribution in [1.29, 1.82) is 5.26 Å². The summed E-state index contributed by atoms with van der Waals surface area (Å²) < 4.78 is 13.0. The van der Waals surface area contributed by atoms with Gasteiger partial charge in [-0.15, -0.1) is 0 Å². The Morgan fingerprint density at radius 2 is 1.79 bits per heavy atom. The molecule has 4 heteroatoms. The summed E-state index contributed by atoms with van der Waals surface area (Å²) in [6.07, 6.45) is 0. The van der Waals surface area contributed by atoms with Crippen LogP contribution in [0.5, 0.6) is 0 Å². The molecule has 0 unspecified atom stereocenters. The lowest BCUT2D eigenvalue weighted by atomic mass is 10.0. The van der Waals surface area contributed by atoms with Crippen LogP contribution < -0.4 is 0 Å². The average molecular weight is 292 g/mol. The van der Waals surface area contributed by atoms with Gasteiger partial charge in [-0.25, -0.2) is 4.39 Å². The van der Waals surface area contributed by atoms with Crippen LogP contribution in [0.25, 0.3) is 10.6 Å². The highest BCUT2D eigenvalue weighted by Crippen LogP contribution is 2.33. The standard InChI is InChI=1S/C15H8Cl2FN/c16-14-8-11(18)6-7-12(14)15(17)13(9-19)10-4-2-1-3-5-10/h1-8H. The summed E-state index contributed by atoms with van der Waals surface area (Å²) in [7, 11) is 0. The summed E-state index contributed by atoms with van der Waals surface area (Å²) >= 11 is 12.2. The number of nitrogens with zero attached hydrogens (tertiary/aromatic N) is 1. The lowest BCUT2D eigenvalue weighted by Gasteiger charge is -2.06. The third-order valence-electron chi connectivity index (χ3n) is 2.56. The van der Waals surface area contributed by atoms with Gasteiger partial charge < -0.3 is 0 Å². The molecule has 0 radical (unpaired) electrons. The van der Waals surface area contributed by atoms with Gasteiger partial charge in [0.1, 0.15) is 11.9 Å². The molecule has 1 nitrogen and oxygen atoms in total. The zero-order chi connectivity index (χ0) is 13.8. The fraction of sp³-hybridized carbons (Fsp3) is 0. The third kappa shape index (κ3) is 2.96. The summed E-state index contributed by atoms with van der Waals surface area (Å²) in [5, 5.41) is 9.63. The number of allylic oxidation sites excluding steroid dienone is 1. The van der Waals surface area contributed by atoms with E-state index >= 15 is 0 Å². The molecule has 0 heterocycles. The summed E-state index contributed by atoms with van der Waals surface area (Å²) in [5.41, 5.74) is 1.43.